The topological polar surface area (TPSA) is 92.4 Å². The second-order valence-electron chi connectivity index (χ2n) is 4.73. The first-order valence-electron chi connectivity index (χ1n) is 6.60. The van der Waals surface area contributed by atoms with E-state index in [-0.39, 0.29) is 17.9 Å². The number of para-hydroxylation sites is 1. The smallest absolute Gasteiger partial charge is 0.335 e. The molecule has 0 unspecified atom stereocenters. The van der Waals surface area contributed by atoms with E-state index < -0.39 is 5.97 Å². The summed E-state index contributed by atoms with van der Waals surface area (Å²) in [6.07, 6.45) is 0.0810. The summed E-state index contributed by atoms with van der Waals surface area (Å²) in [6.45, 7) is 0. The van der Waals surface area contributed by atoms with E-state index in [1.165, 1.54) is 12.1 Å². The van der Waals surface area contributed by atoms with Gasteiger partial charge in [0.25, 0.3) is 0 Å². The summed E-state index contributed by atoms with van der Waals surface area (Å²) < 4.78 is 5.15. The first kappa shape index (κ1) is 13.8. The Morgan fingerprint density at radius 1 is 1.09 bits per heavy atom. The van der Waals surface area contributed by atoms with Gasteiger partial charge in [0.15, 0.2) is 5.58 Å². The van der Waals surface area contributed by atoms with E-state index in [1.807, 2.05) is 18.2 Å². The van der Waals surface area contributed by atoms with Gasteiger partial charge in [0, 0.05) is 11.1 Å². The zero-order valence-corrected chi connectivity index (χ0v) is 11.4. The Morgan fingerprint density at radius 3 is 2.55 bits per heavy atom. The zero-order chi connectivity index (χ0) is 15.5. The van der Waals surface area contributed by atoms with Crippen molar-refractivity contribution in [1.29, 1.82) is 0 Å². The van der Waals surface area contributed by atoms with Crippen LogP contribution in [0.2, 0.25) is 0 Å². The number of aromatic carboxylic acids is 1. The molecule has 3 aromatic rings. The summed E-state index contributed by atoms with van der Waals surface area (Å²) in [7, 11) is 0. The number of fused-ring (bicyclic) bond motifs is 1. The number of carboxylic acid groups (broad SMARTS) is 1. The predicted molar refractivity (Wildman–Crippen MR) is 79.7 cm³/mol. The molecule has 0 aliphatic rings. The molecule has 0 fully saturated rings. The van der Waals surface area contributed by atoms with Crippen LogP contribution in [0.4, 0.5) is 5.69 Å². The second kappa shape index (κ2) is 5.69. The normalized spacial score (nSPS) is 10.5. The van der Waals surface area contributed by atoms with Gasteiger partial charge >= 0.3 is 5.97 Å². The predicted octanol–water partition coefficient (Wildman–Crippen LogP) is 2.71. The molecule has 0 saturated carbocycles. The highest BCUT2D eigenvalue weighted by atomic mass is 16.5. The molecule has 0 aliphatic heterocycles. The number of nitrogens with zero attached hydrogens (tertiary/aromatic N) is 1. The molecule has 3 rings (SSSR count). The summed E-state index contributed by atoms with van der Waals surface area (Å²) in [4.78, 5) is 22.8. The Hall–Kier alpha value is -3.15. The molecule has 6 nitrogen and oxygen atoms in total. The van der Waals surface area contributed by atoms with Gasteiger partial charge in [-0.2, -0.15) is 0 Å². The summed E-state index contributed by atoms with van der Waals surface area (Å²) in [5, 5.41) is 16.2. The van der Waals surface area contributed by atoms with Crippen molar-refractivity contribution in [2.24, 2.45) is 0 Å². The van der Waals surface area contributed by atoms with E-state index in [1.54, 1.807) is 18.2 Å². The van der Waals surface area contributed by atoms with Crippen LogP contribution in [0.25, 0.3) is 11.0 Å². The molecule has 1 amide bonds. The molecule has 0 atom stereocenters. The average Bonchev–Trinajstić information content (AvgIpc) is 2.91. The molecular weight excluding hydrogens is 284 g/mol. The molecule has 110 valence electrons. The maximum Gasteiger partial charge on any atom is 0.335 e. The van der Waals surface area contributed by atoms with Crippen LogP contribution in [0.15, 0.2) is 53.1 Å². The third kappa shape index (κ3) is 2.80. The van der Waals surface area contributed by atoms with Crippen LogP contribution >= 0.6 is 0 Å². The highest BCUT2D eigenvalue weighted by molar-refractivity contribution is 5.95. The van der Waals surface area contributed by atoms with Crippen molar-refractivity contribution in [1.82, 2.24) is 5.16 Å². The van der Waals surface area contributed by atoms with Gasteiger partial charge < -0.3 is 14.9 Å². The molecule has 2 N–H and O–H groups in total. The van der Waals surface area contributed by atoms with Gasteiger partial charge in [-0.15, -0.1) is 0 Å². The molecule has 0 spiro atoms. The van der Waals surface area contributed by atoms with Crippen molar-refractivity contribution in [3.8, 4) is 0 Å². The minimum Gasteiger partial charge on any atom is -0.478 e. The van der Waals surface area contributed by atoms with Crippen LogP contribution in [0, 0.1) is 0 Å². The van der Waals surface area contributed by atoms with Gasteiger partial charge in [-0.3, -0.25) is 4.79 Å². The number of rotatable bonds is 4. The first-order valence-corrected chi connectivity index (χ1v) is 6.60. The fourth-order valence-corrected chi connectivity index (χ4v) is 2.12. The third-order valence-corrected chi connectivity index (χ3v) is 3.20. The fraction of sp³-hybridized carbons (Fsp3) is 0.0625. The van der Waals surface area contributed by atoms with Crippen molar-refractivity contribution >= 4 is 28.5 Å². The molecule has 0 aliphatic carbocycles. The van der Waals surface area contributed by atoms with E-state index in [9.17, 15) is 9.59 Å². The number of hydrogen-bond donors (Lipinski definition) is 2. The van der Waals surface area contributed by atoms with Crippen molar-refractivity contribution in [2.45, 2.75) is 6.42 Å². The van der Waals surface area contributed by atoms with Crippen LogP contribution in [0.5, 0.6) is 0 Å². The minimum atomic E-state index is -1.01. The Morgan fingerprint density at radius 2 is 1.82 bits per heavy atom. The van der Waals surface area contributed by atoms with Gasteiger partial charge in [0.05, 0.1) is 12.0 Å². The van der Waals surface area contributed by atoms with Crippen molar-refractivity contribution in [3.05, 3.63) is 59.8 Å². The number of amides is 1. The van der Waals surface area contributed by atoms with Crippen LogP contribution in [-0.2, 0) is 11.2 Å². The number of benzene rings is 2. The van der Waals surface area contributed by atoms with Crippen molar-refractivity contribution in [3.63, 3.8) is 0 Å². The lowest BCUT2D eigenvalue weighted by Gasteiger charge is -2.04. The molecular formula is C16H12N2O4. The van der Waals surface area contributed by atoms with Crippen LogP contribution in [0.3, 0.4) is 0 Å². The van der Waals surface area contributed by atoms with Crippen molar-refractivity contribution < 1.29 is 19.2 Å². The zero-order valence-electron chi connectivity index (χ0n) is 11.4. The van der Waals surface area contributed by atoms with E-state index in [4.69, 9.17) is 9.63 Å². The van der Waals surface area contributed by atoms with E-state index in [2.05, 4.69) is 10.5 Å². The quantitative estimate of drug-likeness (QED) is 0.772. The average molecular weight is 296 g/mol. The monoisotopic (exact) mass is 296 g/mol. The Bertz CT molecular complexity index is 837. The van der Waals surface area contributed by atoms with Crippen LogP contribution < -0.4 is 5.32 Å². The fourth-order valence-electron chi connectivity index (χ4n) is 2.12. The Labute approximate surface area is 125 Å². The number of carbonyl (C=O) groups excluding carboxylic acids is 1. The summed E-state index contributed by atoms with van der Waals surface area (Å²) in [5.41, 5.74) is 1.90. The molecule has 1 heterocycles. The Balaban J connectivity index is 1.71. The summed E-state index contributed by atoms with van der Waals surface area (Å²) >= 11 is 0. The highest BCUT2D eigenvalue weighted by Crippen LogP contribution is 2.18. The van der Waals surface area contributed by atoms with Crippen LogP contribution in [0.1, 0.15) is 16.1 Å². The molecule has 0 radical (unpaired) electrons. The first-order chi connectivity index (χ1) is 10.6. The highest BCUT2D eigenvalue weighted by Gasteiger charge is 2.12. The second-order valence-corrected chi connectivity index (χ2v) is 4.73. The molecule has 22 heavy (non-hydrogen) atoms. The van der Waals surface area contributed by atoms with Gasteiger partial charge in [-0.25, -0.2) is 4.79 Å². The maximum absolute atomic E-state index is 12.0. The number of anilines is 1. The molecule has 1 aromatic heterocycles. The van der Waals surface area contributed by atoms with Gasteiger partial charge in [-0.1, -0.05) is 17.3 Å². The third-order valence-electron chi connectivity index (χ3n) is 3.20. The number of aromatic nitrogens is 1. The standard InChI is InChI=1S/C16H12N2O4/c19-15(17-11-7-5-10(6-8-11)16(20)21)9-13-12-3-1-2-4-14(12)22-18-13/h1-8H,9H2,(H,17,19)(H,20,21). The number of carboxylic acids is 1. The number of carbonyl (C=O) groups is 2. The molecule has 0 saturated heterocycles. The lowest BCUT2D eigenvalue weighted by molar-refractivity contribution is -0.115. The number of hydrogen-bond acceptors (Lipinski definition) is 4. The van der Waals surface area contributed by atoms with Crippen LogP contribution in [-0.4, -0.2) is 22.1 Å². The van der Waals surface area contributed by atoms with Gasteiger partial charge in [0.1, 0.15) is 5.69 Å². The van der Waals surface area contributed by atoms with E-state index >= 15 is 0 Å². The summed E-state index contributed by atoms with van der Waals surface area (Å²) in [5.74, 6) is -1.26. The van der Waals surface area contributed by atoms with Gasteiger partial charge in [-0.05, 0) is 36.4 Å². The molecule has 0 bridgehead atoms. The maximum atomic E-state index is 12.0. The largest absolute Gasteiger partial charge is 0.478 e. The van der Waals surface area contributed by atoms with Crippen molar-refractivity contribution in [2.75, 3.05) is 5.32 Å². The van der Waals surface area contributed by atoms with E-state index in [0.717, 1.165) is 5.39 Å². The summed E-state index contributed by atoms with van der Waals surface area (Å²) in [6, 6.07) is 13.3. The SMILES string of the molecule is O=C(Cc1noc2ccccc12)Nc1ccc(C(=O)O)cc1. The Kier molecular flexibility index (Phi) is 3.57. The van der Waals surface area contributed by atoms with Gasteiger partial charge in [0.2, 0.25) is 5.91 Å². The molecule has 2 aromatic carbocycles. The number of nitrogens with one attached hydrogen (secondary N) is 1. The lowest BCUT2D eigenvalue weighted by Crippen LogP contribution is -2.14. The minimum absolute atomic E-state index is 0.0810. The van der Waals surface area contributed by atoms with E-state index in [0.29, 0.717) is 17.0 Å². The lowest BCUT2D eigenvalue weighted by atomic mass is 10.1. The molecule has 6 heteroatoms.